The third kappa shape index (κ3) is 7.08. The molecule has 0 unspecified atom stereocenters. The van der Waals surface area contributed by atoms with Gasteiger partial charge in [-0.05, 0) is 40.0 Å². The van der Waals surface area contributed by atoms with E-state index in [1.807, 2.05) is 0 Å². The van der Waals surface area contributed by atoms with Crippen LogP contribution in [0.4, 0.5) is 5.82 Å². The average molecular weight is 598 g/mol. The molecule has 3 rings (SSSR count). The molecule has 0 bridgehead atoms. The zero-order chi connectivity index (χ0) is 31.8. The van der Waals surface area contributed by atoms with Crippen molar-refractivity contribution >= 4 is 47.9 Å². The zero-order valence-electron chi connectivity index (χ0n) is 26.1. The van der Waals surface area contributed by atoms with Crippen LogP contribution in [0, 0.1) is 0 Å². The molecule has 13 heteroatoms. The Hall–Kier alpha value is -2.35. The topological polar surface area (TPSA) is 128 Å². The van der Waals surface area contributed by atoms with Crippen molar-refractivity contribution in [1.29, 1.82) is 0 Å². The minimum atomic E-state index is -4.34. The Bertz CT molecular complexity index is 1590. The van der Waals surface area contributed by atoms with Gasteiger partial charge < -0.3 is 9.47 Å². The van der Waals surface area contributed by atoms with Gasteiger partial charge in [-0.2, -0.15) is 13.1 Å². The highest BCUT2D eigenvalue weighted by Gasteiger charge is 2.19. The van der Waals surface area contributed by atoms with Crippen LogP contribution in [0.2, 0.25) is 0 Å². The first kappa shape index (κ1) is 14.0. The quantitative estimate of drug-likeness (QED) is 0.343. The van der Waals surface area contributed by atoms with Crippen molar-refractivity contribution in [1.82, 2.24) is 24.7 Å². The van der Waals surface area contributed by atoms with Gasteiger partial charge in [0.15, 0.2) is 5.82 Å². The molecule has 3 aromatic rings. The third-order valence-electron chi connectivity index (χ3n) is 3.26. The van der Waals surface area contributed by atoms with E-state index in [0.717, 1.165) is 6.33 Å². The molecule has 0 amide bonds. The molecule has 0 aliphatic rings. The Morgan fingerprint density at radius 3 is 2.41 bits per heavy atom. The second-order valence-corrected chi connectivity index (χ2v) is 8.63. The number of benzene rings is 1. The van der Waals surface area contributed by atoms with E-state index in [4.69, 9.17) is 23.2 Å². The Balaban J connectivity index is 2.20. The summed E-state index contributed by atoms with van der Waals surface area (Å²) in [4.78, 5) is 14.7. The summed E-state index contributed by atoms with van der Waals surface area (Å²) in [6.07, 6.45) is 0.0482. The van der Waals surface area contributed by atoms with Gasteiger partial charge in [-0.1, -0.05) is 34.9 Å². The van der Waals surface area contributed by atoms with E-state index < -0.39 is 88.7 Å². The van der Waals surface area contributed by atoms with Crippen LogP contribution in [-0.4, -0.2) is 48.0 Å². The van der Waals surface area contributed by atoms with E-state index in [1.54, 1.807) is 6.92 Å². The van der Waals surface area contributed by atoms with Gasteiger partial charge in [0.05, 0.1) is 23.7 Å². The second kappa shape index (κ2) is 11.5. The fourth-order valence-electron chi connectivity index (χ4n) is 2.00. The van der Waals surface area contributed by atoms with E-state index >= 15 is 0 Å². The molecule has 2 aromatic heterocycles. The standard InChI is InChI=1S/C19H20Br2N6O4S/c1-2-7-26-32(28,29)27-17-16(13-3-5-14(20)6-4-13)18(25-12-24-17)30-8-9-31-19-22-10-15(21)11-23-19/h3-6,10-12,26H,2,7-9H2,1H3,(H,24,25,27)/i3D,4D,5D,6D,8D2,9D2,10D,11D. The van der Waals surface area contributed by atoms with Crippen molar-refractivity contribution in [2.75, 3.05) is 24.4 Å². The fourth-order valence-corrected chi connectivity index (χ4v) is 3.33. The first-order chi connectivity index (χ1) is 19.3. The number of rotatable bonds is 11. The maximum absolute atomic E-state index is 12.6. The van der Waals surface area contributed by atoms with Gasteiger partial charge in [0, 0.05) is 23.4 Å². The number of halogens is 2. The van der Waals surface area contributed by atoms with Crippen LogP contribution in [0.15, 0.2) is 51.8 Å². The summed E-state index contributed by atoms with van der Waals surface area (Å²) in [7, 11) is -4.34. The second-order valence-electron chi connectivity index (χ2n) is 5.54. The molecule has 2 N–H and O–H groups in total. The molecule has 0 saturated heterocycles. The van der Waals surface area contributed by atoms with Crippen molar-refractivity contribution in [2.45, 2.75) is 13.3 Å². The summed E-state index contributed by atoms with van der Waals surface area (Å²) in [5, 5.41) is 0. The number of anilines is 1. The van der Waals surface area contributed by atoms with Gasteiger partial charge in [0.1, 0.15) is 19.4 Å². The van der Waals surface area contributed by atoms with Crippen LogP contribution in [0.5, 0.6) is 11.9 Å². The third-order valence-corrected chi connectivity index (χ3v) is 5.06. The normalized spacial score (nSPS) is 16.6. The number of hydrogen-bond donors (Lipinski definition) is 2. The summed E-state index contributed by atoms with van der Waals surface area (Å²) in [5.74, 6) is -1.53. The summed E-state index contributed by atoms with van der Waals surface area (Å²) in [6, 6.07) is -3.45. The predicted octanol–water partition coefficient (Wildman–Crippen LogP) is 3.57. The van der Waals surface area contributed by atoms with Crippen LogP contribution in [0.3, 0.4) is 0 Å². The molecule has 2 heterocycles. The van der Waals surface area contributed by atoms with Crippen molar-refractivity contribution in [2.24, 2.45) is 0 Å². The fraction of sp³-hybridized carbons (Fsp3) is 0.263. The first-order valence-corrected chi connectivity index (χ1v) is 11.7. The van der Waals surface area contributed by atoms with Gasteiger partial charge in [-0.25, -0.2) is 19.9 Å². The Kier molecular flexibility index (Phi) is 5.04. The number of hydrogen-bond acceptors (Lipinski definition) is 8. The van der Waals surface area contributed by atoms with E-state index in [2.05, 4.69) is 61.2 Å². The van der Waals surface area contributed by atoms with Gasteiger partial charge >= 0.3 is 6.01 Å². The van der Waals surface area contributed by atoms with Crippen molar-refractivity contribution < 1.29 is 31.6 Å². The Labute approximate surface area is 216 Å². The van der Waals surface area contributed by atoms with E-state index in [-0.39, 0.29) is 15.5 Å². The summed E-state index contributed by atoms with van der Waals surface area (Å²) in [6.45, 7) is -5.26. The number of ether oxygens (including phenoxy) is 2. The lowest BCUT2D eigenvalue weighted by Crippen LogP contribution is -2.31. The van der Waals surface area contributed by atoms with Crippen molar-refractivity contribution in [3.63, 3.8) is 0 Å². The van der Waals surface area contributed by atoms with Crippen LogP contribution in [0.1, 0.15) is 27.1 Å². The monoisotopic (exact) mass is 596 g/mol. The molecule has 0 radical (unpaired) electrons. The molecule has 0 spiro atoms. The lowest BCUT2D eigenvalue weighted by Gasteiger charge is -2.15. The number of nitrogens with zero attached hydrogens (tertiary/aromatic N) is 4. The minimum Gasteiger partial charge on any atom is -0.473 e. The van der Waals surface area contributed by atoms with E-state index in [1.165, 1.54) is 0 Å². The molecule has 0 atom stereocenters. The average Bonchev–Trinajstić information content (AvgIpc) is 2.89. The lowest BCUT2D eigenvalue weighted by atomic mass is 10.1. The van der Waals surface area contributed by atoms with Crippen LogP contribution in [-0.2, 0) is 10.2 Å². The maximum atomic E-state index is 12.6. The van der Waals surface area contributed by atoms with E-state index in [0.29, 0.717) is 6.42 Å². The van der Waals surface area contributed by atoms with Crippen LogP contribution in [0.25, 0.3) is 11.1 Å². The molecule has 0 aliphatic carbocycles. The molecule has 0 saturated carbocycles. The van der Waals surface area contributed by atoms with Gasteiger partial charge in [-0.3, -0.25) is 4.72 Å². The molecule has 0 fully saturated rings. The van der Waals surface area contributed by atoms with E-state index in [9.17, 15) is 8.42 Å². The van der Waals surface area contributed by atoms with Gasteiger partial charge in [0.2, 0.25) is 5.88 Å². The number of nitrogens with one attached hydrogen (secondary N) is 2. The number of aromatic nitrogens is 4. The Morgan fingerprint density at radius 2 is 1.72 bits per heavy atom. The lowest BCUT2D eigenvalue weighted by molar-refractivity contribution is 0.202. The summed E-state index contributed by atoms with van der Waals surface area (Å²) >= 11 is 5.85. The molecule has 10 nitrogen and oxygen atoms in total. The van der Waals surface area contributed by atoms with Crippen molar-refractivity contribution in [3.05, 3.63) is 51.8 Å². The molecule has 32 heavy (non-hydrogen) atoms. The molecule has 1 aromatic carbocycles. The molecular formula is C19H20Br2N6O4S. The maximum Gasteiger partial charge on any atom is 0.316 e. The van der Waals surface area contributed by atoms with Crippen molar-refractivity contribution in [3.8, 4) is 23.0 Å². The van der Waals surface area contributed by atoms with Gasteiger partial charge in [0.25, 0.3) is 10.2 Å². The highest BCUT2D eigenvalue weighted by Crippen LogP contribution is 2.34. The largest absolute Gasteiger partial charge is 0.473 e. The first-order valence-electron chi connectivity index (χ1n) is 13.6. The smallest absolute Gasteiger partial charge is 0.316 e. The predicted molar refractivity (Wildman–Crippen MR) is 127 cm³/mol. The molecule has 170 valence electrons. The van der Waals surface area contributed by atoms with Crippen LogP contribution < -0.4 is 18.9 Å². The Morgan fingerprint density at radius 1 is 1.03 bits per heavy atom. The zero-order valence-corrected chi connectivity index (χ0v) is 20.1. The summed E-state index contributed by atoms with van der Waals surface area (Å²) < 4.78 is 121. The highest BCUT2D eigenvalue weighted by molar-refractivity contribution is 9.10. The molecular weight excluding hydrogens is 568 g/mol. The van der Waals surface area contributed by atoms with Gasteiger partial charge in [-0.15, -0.1) is 0 Å². The molecule has 0 aliphatic heterocycles. The SMILES string of the molecule is [2H]c1nc(OC([2H])([2H])C([2H])([2H])Oc2ncnc(NS(=O)(=O)NCCC)c2-c2c([2H])c([2H])c(Br)c([2H])c2[2H])nc([2H])c1Br. The minimum absolute atomic E-state index is 0.0107. The van der Waals surface area contributed by atoms with Crippen LogP contribution >= 0.6 is 31.9 Å². The highest BCUT2D eigenvalue weighted by atomic mass is 79.9. The summed E-state index contributed by atoms with van der Waals surface area (Å²) in [5.41, 5.74) is -1.24.